The van der Waals surface area contributed by atoms with Gasteiger partial charge in [0.1, 0.15) is 17.2 Å². The van der Waals surface area contributed by atoms with Gasteiger partial charge in [-0.25, -0.2) is 9.97 Å². The van der Waals surface area contributed by atoms with E-state index < -0.39 is 0 Å². The van der Waals surface area contributed by atoms with Crippen molar-refractivity contribution in [2.24, 2.45) is 0 Å². The van der Waals surface area contributed by atoms with Crippen LogP contribution in [0.5, 0.6) is 0 Å². The third kappa shape index (κ3) is 5.57. The Morgan fingerprint density at radius 1 is 0.314 bits per heavy atom. The first-order valence-corrected chi connectivity index (χ1v) is 23.7. The molecule has 9 aromatic carbocycles. The SMILES string of the molecule is c1ccc2c3c(ccc4c5ccccc5n(-c5cccc(-c6cccc(-n7c8ccccc8c8ccccc87)c6)n5)c43)n(-c3cccc(-c4cccc(-n5c6ccccc6c6ccccc65)c4)n3)c2c#1. The van der Waals surface area contributed by atoms with Crippen molar-refractivity contribution in [1.82, 2.24) is 28.2 Å². The van der Waals surface area contributed by atoms with Crippen LogP contribution in [0.4, 0.5) is 0 Å². The van der Waals surface area contributed by atoms with Crippen LogP contribution < -0.4 is 0 Å². The van der Waals surface area contributed by atoms with Crippen LogP contribution >= 0.6 is 0 Å². The van der Waals surface area contributed by atoms with Gasteiger partial charge in [0.2, 0.25) is 0 Å². The number of pyridine rings is 2. The topological polar surface area (TPSA) is 45.5 Å². The lowest BCUT2D eigenvalue weighted by Gasteiger charge is -2.12. The van der Waals surface area contributed by atoms with Gasteiger partial charge in [0.25, 0.3) is 0 Å². The van der Waals surface area contributed by atoms with Gasteiger partial charge in [0, 0.05) is 65.6 Å². The van der Waals surface area contributed by atoms with Crippen LogP contribution in [-0.2, 0) is 0 Å². The van der Waals surface area contributed by atoms with Crippen molar-refractivity contribution in [3.05, 3.63) is 243 Å². The van der Waals surface area contributed by atoms with Crippen molar-refractivity contribution in [3.8, 4) is 45.5 Å². The standard InChI is InChI=1S/C64H38N6/c1-7-29-54-45(21-1)46-22-2-8-30-55(46)67(54)43-19-13-17-41(39-43)52-27-15-35-61(65-52)69-59-34-12-6-26-51(59)63-60(69)38-37-50-49-25-5-11-33-58(49)70(64(50)63)62-36-16-28-53(66-62)42-18-14-20-44(40-42)68-56-31-9-3-23-47(56)48-24-4-10-32-57(48)68/h1-11,13-33,35-40H. The second-order valence-corrected chi connectivity index (χ2v) is 18.0. The number of fused-ring (bicyclic) bond motifs is 13. The Bertz CT molecular complexity index is 4510. The highest BCUT2D eigenvalue weighted by Gasteiger charge is 2.23. The van der Waals surface area contributed by atoms with Crippen molar-refractivity contribution in [2.45, 2.75) is 0 Å². The number of benzene rings is 8. The van der Waals surface area contributed by atoms with E-state index >= 15 is 0 Å². The molecule has 0 amide bonds. The predicted molar refractivity (Wildman–Crippen MR) is 288 cm³/mol. The van der Waals surface area contributed by atoms with Gasteiger partial charge in [-0.2, -0.15) is 0 Å². The number of hydrogen-bond donors (Lipinski definition) is 0. The summed E-state index contributed by atoms with van der Waals surface area (Å²) in [5.41, 5.74) is 14.9. The van der Waals surface area contributed by atoms with Crippen LogP contribution in [0, 0.1) is 12.1 Å². The molecule has 0 fully saturated rings. The molecule has 0 unspecified atom stereocenters. The molecule has 6 heteroatoms. The van der Waals surface area contributed by atoms with Gasteiger partial charge in [-0.3, -0.25) is 9.13 Å². The van der Waals surface area contributed by atoms with Crippen LogP contribution in [0.2, 0.25) is 0 Å². The van der Waals surface area contributed by atoms with E-state index in [2.05, 4.69) is 255 Å². The predicted octanol–water partition coefficient (Wildman–Crippen LogP) is 15.8. The third-order valence-corrected chi connectivity index (χ3v) is 14.2. The zero-order valence-electron chi connectivity index (χ0n) is 37.6. The molecule has 324 valence electrons. The highest BCUT2D eigenvalue weighted by Crippen LogP contribution is 2.42. The molecule has 0 aliphatic rings. The molecule has 15 aromatic rings. The van der Waals surface area contributed by atoms with Gasteiger partial charge in [0.15, 0.2) is 0 Å². The maximum Gasteiger partial charge on any atom is 0.138 e. The minimum atomic E-state index is 0.806. The van der Waals surface area contributed by atoms with Crippen LogP contribution in [-0.4, -0.2) is 28.2 Å². The Hall–Kier alpha value is -9.70. The fourth-order valence-electron chi connectivity index (χ4n) is 11.3. The summed E-state index contributed by atoms with van der Waals surface area (Å²) in [6, 6.07) is 88.8. The van der Waals surface area contributed by atoms with Gasteiger partial charge >= 0.3 is 0 Å². The molecule has 70 heavy (non-hydrogen) atoms. The third-order valence-electron chi connectivity index (χ3n) is 14.2. The summed E-state index contributed by atoms with van der Waals surface area (Å²) in [6.07, 6.45) is 0. The Balaban J connectivity index is 0.895. The first-order chi connectivity index (χ1) is 34.7. The van der Waals surface area contributed by atoms with Crippen LogP contribution in [0.25, 0.3) is 133 Å². The Labute approximate surface area is 401 Å². The summed E-state index contributed by atoms with van der Waals surface area (Å²) in [4.78, 5) is 10.9. The number of nitrogens with zero attached hydrogens (tertiary/aromatic N) is 6. The summed E-state index contributed by atoms with van der Waals surface area (Å²) < 4.78 is 9.31. The number of para-hydroxylation sites is 5. The highest BCUT2D eigenvalue weighted by molar-refractivity contribution is 6.26. The summed E-state index contributed by atoms with van der Waals surface area (Å²) >= 11 is 0. The zero-order chi connectivity index (χ0) is 45.9. The summed E-state index contributed by atoms with van der Waals surface area (Å²) in [7, 11) is 0. The van der Waals surface area contributed by atoms with Gasteiger partial charge in [0.05, 0.1) is 50.0 Å². The lowest BCUT2D eigenvalue weighted by molar-refractivity contribution is 1.08. The summed E-state index contributed by atoms with van der Waals surface area (Å²) in [5, 5.41) is 9.44. The van der Waals surface area contributed by atoms with E-state index in [1.807, 2.05) is 6.07 Å². The van der Waals surface area contributed by atoms with E-state index in [0.717, 1.165) is 89.1 Å². The van der Waals surface area contributed by atoms with E-state index in [1.165, 1.54) is 43.6 Å². The molecule has 0 spiro atoms. The lowest BCUT2D eigenvalue weighted by atomic mass is 10.1. The van der Waals surface area contributed by atoms with Crippen LogP contribution in [0.1, 0.15) is 0 Å². The Kier molecular flexibility index (Phi) is 8.18. The smallest absolute Gasteiger partial charge is 0.138 e. The number of rotatable bonds is 6. The zero-order valence-corrected chi connectivity index (χ0v) is 37.6. The molecule has 6 aromatic heterocycles. The number of aromatic nitrogens is 6. The molecule has 0 radical (unpaired) electrons. The Morgan fingerprint density at radius 3 is 1.27 bits per heavy atom. The Morgan fingerprint density at radius 2 is 0.757 bits per heavy atom. The van der Waals surface area contributed by atoms with E-state index in [1.54, 1.807) is 0 Å². The molecular weight excluding hydrogens is 853 g/mol. The monoisotopic (exact) mass is 890 g/mol. The molecule has 6 heterocycles. The van der Waals surface area contributed by atoms with E-state index in [4.69, 9.17) is 9.97 Å². The largest absolute Gasteiger partial charge is 0.309 e. The average Bonchev–Trinajstić information content (AvgIpc) is 4.16. The van der Waals surface area contributed by atoms with E-state index in [9.17, 15) is 0 Å². The molecule has 0 saturated carbocycles. The first-order valence-electron chi connectivity index (χ1n) is 23.7. The van der Waals surface area contributed by atoms with Gasteiger partial charge < -0.3 is 9.13 Å². The second-order valence-electron chi connectivity index (χ2n) is 18.0. The molecule has 0 atom stereocenters. The quantitative estimate of drug-likeness (QED) is 0.167. The van der Waals surface area contributed by atoms with Crippen LogP contribution in [0.15, 0.2) is 231 Å². The fraction of sp³-hybridized carbons (Fsp3) is 0. The molecule has 0 bridgehead atoms. The van der Waals surface area contributed by atoms with Gasteiger partial charge in [-0.15, -0.1) is 0 Å². The van der Waals surface area contributed by atoms with Crippen molar-refractivity contribution >= 4 is 87.2 Å². The fourth-order valence-corrected chi connectivity index (χ4v) is 11.3. The average molecular weight is 891 g/mol. The minimum absolute atomic E-state index is 0.806. The summed E-state index contributed by atoms with van der Waals surface area (Å²) in [5.74, 6) is 1.65. The first kappa shape index (κ1) is 38.4. The minimum Gasteiger partial charge on any atom is -0.309 e. The molecule has 0 aliphatic carbocycles. The van der Waals surface area contributed by atoms with E-state index in [-0.39, 0.29) is 0 Å². The molecule has 0 aliphatic heterocycles. The summed E-state index contributed by atoms with van der Waals surface area (Å²) in [6.45, 7) is 0. The highest BCUT2D eigenvalue weighted by atomic mass is 15.1. The lowest BCUT2D eigenvalue weighted by Crippen LogP contribution is -2.00. The van der Waals surface area contributed by atoms with Crippen molar-refractivity contribution < 1.29 is 0 Å². The number of hydrogen-bond acceptors (Lipinski definition) is 2. The maximum atomic E-state index is 5.51. The maximum absolute atomic E-state index is 5.51. The molecule has 0 saturated heterocycles. The van der Waals surface area contributed by atoms with Gasteiger partial charge in [-0.05, 0) is 103 Å². The van der Waals surface area contributed by atoms with Crippen molar-refractivity contribution in [1.29, 1.82) is 0 Å². The van der Waals surface area contributed by atoms with Crippen LogP contribution in [0.3, 0.4) is 0 Å². The van der Waals surface area contributed by atoms with Gasteiger partial charge in [-0.1, -0.05) is 140 Å². The molecular formula is C64H38N6. The normalized spacial score (nSPS) is 11.9. The molecule has 0 N–H and O–H groups in total. The van der Waals surface area contributed by atoms with Crippen molar-refractivity contribution in [2.75, 3.05) is 0 Å². The molecule has 6 nitrogen and oxygen atoms in total. The van der Waals surface area contributed by atoms with Crippen molar-refractivity contribution in [3.63, 3.8) is 0 Å². The molecule has 15 rings (SSSR count). The van der Waals surface area contributed by atoms with E-state index in [0.29, 0.717) is 0 Å². The second kappa shape index (κ2) is 14.9.